The molecular formula is C24H32O6. The van der Waals surface area contributed by atoms with Gasteiger partial charge in [0, 0.05) is 36.8 Å². The molecule has 3 saturated carbocycles. The molecule has 164 valence electrons. The number of aromatic hydroxyl groups is 2. The number of hydrogen-bond donors (Lipinski definition) is 3. The van der Waals surface area contributed by atoms with Gasteiger partial charge in [0.2, 0.25) is 0 Å². The summed E-state index contributed by atoms with van der Waals surface area (Å²) < 4.78 is 6.53. The van der Waals surface area contributed by atoms with Crippen LogP contribution >= 0.6 is 0 Å². The van der Waals surface area contributed by atoms with Gasteiger partial charge in [0.25, 0.3) is 0 Å². The van der Waals surface area contributed by atoms with Gasteiger partial charge in [-0.3, -0.25) is 9.59 Å². The number of carbonyl (C=O) groups excluding carboxylic acids is 2. The van der Waals surface area contributed by atoms with E-state index in [9.17, 15) is 24.9 Å². The van der Waals surface area contributed by atoms with Crippen molar-refractivity contribution < 1.29 is 29.6 Å². The average Bonchev–Trinajstić information content (AvgIpc) is 2.66. The molecule has 0 radical (unpaired) electrons. The largest absolute Gasteiger partial charge is 0.507 e. The molecule has 0 unspecified atom stereocenters. The van der Waals surface area contributed by atoms with E-state index < -0.39 is 11.4 Å². The van der Waals surface area contributed by atoms with Gasteiger partial charge in [0.15, 0.2) is 12.1 Å². The van der Waals surface area contributed by atoms with Crippen LogP contribution in [0.5, 0.6) is 17.2 Å². The summed E-state index contributed by atoms with van der Waals surface area (Å²) in [6.07, 6.45) is 3.49. The molecule has 1 aliphatic heterocycles. The summed E-state index contributed by atoms with van der Waals surface area (Å²) in [6, 6.07) is 0. The number of ketones is 1. The van der Waals surface area contributed by atoms with E-state index in [1.54, 1.807) is 0 Å². The number of benzene rings is 1. The lowest BCUT2D eigenvalue weighted by Crippen LogP contribution is -2.69. The highest BCUT2D eigenvalue weighted by Crippen LogP contribution is 2.68. The Hall–Kier alpha value is -2.08. The van der Waals surface area contributed by atoms with Crippen LogP contribution in [-0.2, 0) is 6.42 Å². The first-order valence-corrected chi connectivity index (χ1v) is 11.0. The first kappa shape index (κ1) is 21.2. The van der Waals surface area contributed by atoms with Crippen molar-refractivity contribution in [1.82, 2.24) is 0 Å². The lowest BCUT2D eigenvalue weighted by atomic mass is 9.40. The second-order valence-electron chi connectivity index (χ2n) is 10.4. The normalized spacial score (nSPS) is 30.7. The molecule has 4 aliphatic rings. The Morgan fingerprint density at radius 2 is 1.90 bits per heavy atom. The number of aliphatic hydroxyl groups is 1. The second kappa shape index (κ2) is 6.98. The van der Waals surface area contributed by atoms with Gasteiger partial charge in [0.05, 0.1) is 5.56 Å². The number of ether oxygens (including phenoxy) is 1. The second-order valence-corrected chi connectivity index (χ2v) is 10.4. The summed E-state index contributed by atoms with van der Waals surface area (Å²) in [6.45, 7) is 8.18. The van der Waals surface area contributed by atoms with Gasteiger partial charge in [0.1, 0.15) is 28.4 Å². The Morgan fingerprint density at radius 3 is 2.47 bits per heavy atom. The van der Waals surface area contributed by atoms with E-state index in [0.29, 0.717) is 30.6 Å². The molecule has 6 heteroatoms. The molecule has 6 nitrogen and oxygen atoms in total. The topological polar surface area (TPSA) is 104 Å². The maximum atomic E-state index is 12.7. The maximum absolute atomic E-state index is 12.7. The molecule has 4 atom stereocenters. The summed E-state index contributed by atoms with van der Waals surface area (Å²) in [5.74, 6) is -0.0833. The quantitative estimate of drug-likeness (QED) is 0.480. The van der Waals surface area contributed by atoms with E-state index in [4.69, 9.17) is 4.74 Å². The van der Waals surface area contributed by atoms with E-state index in [0.717, 1.165) is 12.8 Å². The van der Waals surface area contributed by atoms with Crippen molar-refractivity contribution in [2.24, 2.45) is 29.1 Å². The fraction of sp³-hybridized carbons (Fsp3) is 0.667. The average molecular weight is 417 g/mol. The molecule has 5 rings (SSSR count). The van der Waals surface area contributed by atoms with Crippen LogP contribution in [0.2, 0.25) is 0 Å². The van der Waals surface area contributed by atoms with E-state index in [-0.39, 0.29) is 64.6 Å². The number of rotatable bonds is 6. The first-order valence-electron chi connectivity index (χ1n) is 11.0. The van der Waals surface area contributed by atoms with Gasteiger partial charge < -0.3 is 20.1 Å². The molecule has 3 fully saturated rings. The summed E-state index contributed by atoms with van der Waals surface area (Å²) in [5.41, 5.74) is -0.393. The van der Waals surface area contributed by atoms with Gasteiger partial charge in [-0.25, -0.2) is 0 Å². The summed E-state index contributed by atoms with van der Waals surface area (Å²) >= 11 is 0. The Morgan fingerprint density at radius 1 is 1.20 bits per heavy atom. The zero-order valence-electron chi connectivity index (χ0n) is 18.2. The fourth-order valence-corrected chi connectivity index (χ4v) is 6.45. The van der Waals surface area contributed by atoms with E-state index in [1.807, 2.05) is 13.8 Å². The molecule has 1 aromatic carbocycles. The van der Waals surface area contributed by atoms with Crippen LogP contribution < -0.4 is 4.74 Å². The smallest absolute Gasteiger partial charge is 0.170 e. The summed E-state index contributed by atoms with van der Waals surface area (Å²) in [4.78, 5) is 24.7. The number of phenols is 2. The fourth-order valence-electron chi connectivity index (χ4n) is 6.45. The van der Waals surface area contributed by atoms with Crippen LogP contribution in [0.15, 0.2) is 0 Å². The van der Waals surface area contributed by atoms with Crippen molar-refractivity contribution in [3.05, 3.63) is 16.7 Å². The Kier molecular flexibility index (Phi) is 4.92. The monoisotopic (exact) mass is 416 g/mol. The lowest BCUT2D eigenvalue weighted by molar-refractivity contribution is -0.231. The van der Waals surface area contributed by atoms with Crippen molar-refractivity contribution in [3.8, 4) is 17.2 Å². The summed E-state index contributed by atoms with van der Waals surface area (Å²) in [5, 5.41) is 31.6. The maximum Gasteiger partial charge on any atom is 0.170 e. The number of fused-ring (bicyclic) bond motifs is 1. The van der Waals surface area contributed by atoms with Crippen molar-refractivity contribution in [1.29, 1.82) is 0 Å². The SMILES string of the molecule is CC(C)CC(=O)c1c(O)c(C=O)c2c(c1O)C[C@H]1C[C@H]3C[C@H](C3(C)C)[C@@]1(CCO)O2. The van der Waals surface area contributed by atoms with Crippen molar-refractivity contribution in [3.63, 3.8) is 0 Å². The van der Waals surface area contributed by atoms with E-state index >= 15 is 0 Å². The van der Waals surface area contributed by atoms with Gasteiger partial charge in [-0.15, -0.1) is 0 Å². The van der Waals surface area contributed by atoms with Crippen LogP contribution in [0.25, 0.3) is 0 Å². The van der Waals surface area contributed by atoms with Gasteiger partial charge in [-0.2, -0.15) is 0 Å². The number of aldehydes is 1. The third-order valence-electron chi connectivity index (χ3n) is 8.09. The molecule has 3 N–H and O–H groups in total. The number of aliphatic hydroxyl groups excluding tert-OH is 1. The zero-order chi connectivity index (χ0) is 22.0. The van der Waals surface area contributed by atoms with E-state index in [1.165, 1.54) is 0 Å². The Balaban J connectivity index is 1.87. The van der Waals surface area contributed by atoms with Crippen molar-refractivity contribution >= 4 is 12.1 Å². The molecule has 30 heavy (non-hydrogen) atoms. The highest BCUT2D eigenvalue weighted by Gasteiger charge is 2.67. The Bertz CT molecular complexity index is 902. The summed E-state index contributed by atoms with van der Waals surface area (Å²) in [7, 11) is 0. The number of phenolic OH excluding ortho intramolecular Hbond substituents is 2. The number of carbonyl (C=O) groups is 2. The number of hydrogen-bond acceptors (Lipinski definition) is 6. The lowest BCUT2D eigenvalue weighted by Gasteiger charge is -2.68. The third-order valence-corrected chi connectivity index (χ3v) is 8.09. The van der Waals surface area contributed by atoms with Gasteiger partial charge in [-0.05, 0) is 36.5 Å². The molecule has 0 spiro atoms. The first-order chi connectivity index (χ1) is 14.1. The molecule has 2 bridgehead atoms. The number of Topliss-reactive ketones (excluding diaryl/α,β-unsaturated/α-hetero) is 1. The van der Waals surface area contributed by atoms with Gasteiger partial charge >= 0.3 is 0 Å². The predicted molar refractivity (Wildman–Crippen MR) is 111 cm³/mol. The third kappa shape index (κ3) is 2.72. The van der Waals surface area contributed by atoms with Crippen molar-refractivity contribution in [2.75, 3.05) is 6.61 Å². The van der Waals surface area contributed by atoms with Crippen LogP contribution in [-0.4, -0.2) is 39.6 Å². The minimum absolute atomic E-state index is 0.0393. The molecule has 1 heterocycles. The predicted octanol–water partition coefficient (Wildman–Crippen LogP) is 3.88. The highest BCUT2D eigenvalue weighted by atomic mass is 16.5. The van der Waals surface area contributed by atoms with Crippen LogP contribution in [0.3, 0.4) is 0 Å². The van der Waals surface area contributed by atoms with E-state index in [2.05, 4.69) is 13.8 Å². The molecule has 3 aliphatic carbocycles. The van der Waals surface area contributed by atoms with Crippen LogP contribution in [0, 0.1) is 29.1 Å². The standard InChI is InChI=1S/C24H32O6/c1-12(2)7-17(27)19-20(28)15-9-14-8-13-10-18(23(13,3)4)24(14,5-6-25)30-22(15)16(11-26)21(19)29/h11-14,18,25,28-29H,5-10H2,1-4H3/t13-,14+,18+,24-/m0/s1. The molecule has 1 aromatic rings. The zero-order valence-corrected chi connectivity index (χ0v) is 18.2. The van der Waals surface area contributed by atoms with Gasteiger partial charge in [-0.1, -0.05) is 27.7 Å². The molecule has 0 amide bonds. The minimum Gasteiger partial charge on any atom is -0.507 e. The van der Waals surface area contributed by atoms with Crippen LogP contribution in [0.4, 0.5) is 0 Å². The molecule has 0 aromatic heterocycles. The highest BCUT2D eigenvalue weighted by molar-refractivity contribution is 6.05. The minimum atomic E-state index is -0.639. The molecule has 0 saturated heterocycles. The van der Waals surface area contributed by atoms with Crippen molar-refractivity contribution in [2.45, 2.75) is 65.4 Å². The Labute approximate surface area is 177 Å². The van der Waals surface area contributed by atoms with Crippen LogP contribution in [0.1, 0.15) is 79.7 Å². The molecular weight excluding hydrogens is 384 g/mol.